The Balaban J connectivity index is 1.40. The molecule has 0 atom stereocenters. The zero-order valence-electron chi connectivity index (χ0n) is 18.5. The Morgan fingerprint density at radius 2 is 1.67 bits per heavy atom. The SMILES string of the molecule is CCCCOc1ccc(OCC(=O)NN=Cc2cccc(OCc3ccc(Cl)cc3)c2)cc1. The molecule has 0 aliphatic heterocycles. The summed E-state index contributed by atoms with van der Waals surface area (Å²) < 4.78 is 16.9. The molecule has 3 aromatic rings. The van der Waals surface area contributed by atoms with Gasteiger partial charge in [0.2, 0.25) is 0 Å². The van der Waals surface area contributed by atoms with Crippen LogP contribution >= 0.6 is 11.6 Å². The molecule has 0 saturated carbocycles. The lowest BCUT2D eigenvalue weighted by Gasteiger charge is -2.08. The van der Waals surface area contributed by atoms with Crippen molar-refractivity contribution < 1.29 is 19.0 Å². The number of carbonyl (C=O) groups excluding carboxylic acids is 1. The molecule has 7 heteroatoms. The van der Waals surface area contributed by atoms with E-state index in [0.29, 0.717) is 29.7 Å². The fraction of sp³-hybridized carbons (Fsp3) is 0.231. The van der Waals surface area contributed by atoms with Gasteiger partial charge in [-0.05, 0) is 66.1 Å². The number of unbranched alkanes of at least 4 members (excludes halogenated alkanes) is 1. The number of ether oxygens (including phenoxy) is 3. The van der Waals surface area contributed by atoms with Crippen LogP contribution in [0.2, 0.25) is 5.02 Å². The minimum Gasteiger partial charge on any atom is -0.494 e. The van der Waals surface area contributed by atoms with E-state index in [0.717, 1.165) is 29.7 Å². The number of halogens is 1. The van der Waals surface area contributed by atoms with E-state index in [4.69, 9.17) is 25.8 Å². The Hall–Kier alpha value is -3.51. The normalized spacial score (nSPS) is 10.7. The van der Waals surface area contributed by atoms with Crippen LogP contribution in [0, 0.1) is 0 Å². The molecule has 6 nitrogen and oxygen atoms in total. The maximum Gasteiger partial charge on any atom is 0.277 e. The van der Waals surface area contributed by atoms with Gasteiger partial charge in [-0.25, -0.2) is 5.43 Å². The van der Waals surface area contributed by atoms with E-state index in [-0.39, 0.29) is 12.5 Å². The summed E-state index contributed by atoms with van der Waals surface area (Å²) in [4.78, 5) is 12.0. The summed E-state index contributed by atoms with van der Waals surface area (Å²) in [5.41, 5.74) is 4.27. The second-order valence-electron chi connectivity index (χ2n) is 7.24. The number of rotatable bonds is 12. The molecule has 0 spiro atoms. The van der Waals surface area contributed by atoms with Crippen molar-refractivity contribution in [2.45, 2.75) is 26.4 Å². The molecule has 172 valence electrons. The maximum atomic E-state index is 12.0. The third-order valence-electron chi connectivity index (χ3n) is 4.54. The van der Waals surface area contributed by atoms with Crippen LogP contribution in [0.25, 0.3) is 0 Å². The number of hydrogen-bond acceptors (Lipinski definition) is 5. The molecule has 0 fully saturated rings. The van der Waals surface area contributed by atoms with Crippen LogP contribution in [0.3, 0.4) is 0 Å². The van der Waals surface area contributed by atoms with Crippen molar-refractivity contribution in [1.82, 2.24) is 5.43 Å². The summed E-state index contributed by atoms with van der Waals surface area (Å²) in [5.74, 6) is 1.71. The van der Waals surface area contributed by atoms with Gasteiger partial charge in [0.15, 0.2) is 6.61 Å². The second-order valence-corrected chi connectivity index (χ2v) is 7.68. The lowest BCUT2D eigenvalue weighted by atomic mass is 10.2. The number of benzene rings is 3. The Morgan fingerprint density at radius 1 is 0.939 bits per heavy atom. The van der Waals surface area contributed by atoms with Crippen molar-refractivity contribution in [3.05, 3.63) is 88.9 Å². The average molecular weight is 467 g/mol. The van der Waals surface area contributed by atoms with Gasteiger partial charge >= 0.3 is 0 Å². The van der Waals surface area contributed by atoms with Gasteiger partial charge < -0.3 is 14.2 Å². The quantitative estimate of drug-likeness (QED) is 0.213. The van der Waals surface area contributed by atoms with Crippen LogP contribution in [0.1, 0.15) is 30.9 Å². The van der Waals surface area contributed by atoms with Crippen LogP contribution in [0.4, 0.5) is 0 Å². The highest BCUT2D eigenvalue weighted by Gasteiger charge is 2.03. The number of hydrazone groups is 1. The van der Waals surface area contributed by atoms with E-state index in [2.05, 4.69) is 17.5 Å². The van der Waals surface area contributed by atoms with E-state index in [1.165, 1.54) is 0 Å². The predicted molar refractivity (Wildman–Crippen MR) is 130 cm³/mol. The number of nitrogens with one attached hydrogen (secondary N) is 1. The number of hydrogen-bond donors (Lipinski definition) is 1. The highest BCUT2D eigenvalue weighted by molar-refractivity contribution is 6.30. The van der Waals surface area contributed by atoms with E-state index in [1.807, 2.05) is 60.7 Å². The van der Waals surface area contributed by atoms with Crippen LogP contribution in [0.15, 0.2) is 77.9 Å². The van der Waals surface area contributed by atoms with Crippen molar-refractivity contribution in [3.8, 4) is 17.2 Å². The lowest BCUT2D eigenvalue weighted by molar-refractivity contribution is -0.123. The largest absolute Gasteiger partial charge is 0.494 e. The summed E-state index contributed by atoms with van der Waals surface area (Å²) in [6.45, 7) is 3.09. The topological polar surface area (TPSA) is 69.2 Å². The highest BCUT2D eigenvalue weighted by Crippen LogP contribution is 2.18. The molecule has 0 aliphatic rings. The van der Waals surface area contributed by atoms with Crippen LogP contribution < -0.4 is 19.6 Å². The molecule has 0 unspecified atom stereocenters. The van der Waals surface area contributed by atoms with Gasteiger partial charge in [0.25, 0.3) is 5.91 Å². The van der Waals surface area contributed by atoms with Crippen molar-refractivity contribution in [2.75, 3.05) is 13.2 Å². The molecule has 0 heterocycles. The fourth-order valence-corrected chi connectivity index (χ4v) is 2.88. The summed E-state index contributed by atoms with van der Waals surface area (Å²) in [6, 6.07) is 22.1. The number of amides is 1. The first-order chi connectivity index (χ1) is 16.1. The molecule has 0 aliphatic carbocycles. The summed E-state index contributed by atoms with van der Waals surface area (Å²) in [5, 5.41) is 4.67. The second kappa shape index (κ2) is 13.1. The van der Waals surface area contributed by atoms with Crippen LogP contribution in [0.5, 0.6) is 17.2 Å². The first-order valence-corrected chi connectivity index (χ1v) is 11.1. The smallest absolute Gasteiger partial charge is 0.277 e. The number of nitrogens with zero attached hydrogens (tertiary/aromatic N) is 1. The third-order valence-corrected chi connectivity index (χ3v) is 4.79. The maximum absolute atomic E-state index is 12.0. The molecule has 33 heavy (non-hydrogen) atoms. The van der Waals surface area contributed by atoms with E-state index >= 15 is 0 Å². The molecule has 1 N–H and O–H groups in total. The molecule has 0 saturated heterocycles. The molecule has 0 radical (unpaired) electrons. The van der Waals surface area contributed by atoms with Gasteiger partial charge in [0.05, 0.1) is 12.8 Å². The monoisotopic (exact) mass is 466 g/mol. The Morgan fingerprint density at radius 3 is 2.39 bits per heavy atom. The van der Waals surface area contributed by atoms with Gasteiger partial charge in [-0.1, -0.05) is 49.2 Å². The van der Waals surface area contributed by atoms with E-state index < -0.39 is 0 Å². The first-order valence-electron chi connectivity index (χ1n) is 10.8. The Kier molecular flexibility index (Phi) is 9.61. The van der Waals surface area contributed by atoms with Crippen molar-refractivity contribution in [1.29, 1.82) is 0 Å². The van der Waals surface area contributed by atoms with Crippen molar-refractivity contribution >= 4 is 23.7 Å². The zero-order valence-corrected chi connectivity index (χ0v) is 19.3. The molecule has 0 aromatic heterocycles. The molecule has 3 rings (SSSR count). The fourth-order valence-electron chi connectivity index (χ4n) is 2.76. The highest BCUT2D eigenvalue weighted by atomic mass is 35.5. The minimum absolute atomic E-state index is 0.141. The molecular formula is C26H27ClN2O4. The average Bonchev–Trinajstić information content (AvgIpc) is 2.84. The van der Waals surface area contributed by atoms with Gasteiger partial charge in [0.1, 0.15) is 23.9 Å². The first kappa shape index (κ1) is 24.1. The molecule has 3 aromatic carbocycles. The Bertz CT molecular complexity index is 1040. The van der Waals surface area contributed by atoms with Gasteiger partial charge in [-0.2, -0.15) is 5.10 Å². The molecule has 1 amide bonds. The summed E-state index contributed by atoms with van der Waals surface area (Å²) >= 11 is 5.90. The van der Waals surface area contributed by atoms with Crippen molar-refractivity contribution in [2.24, 2.45) is 5.10 Å². The molecule has 0 bridgehead atoms. The van der Waals surface area contributed by atoms with Crippen LogP contribution in [-0.4, -0.2) is 25.3 Å². The van der Waals surface area contributed by atoms with E-state index in [9.17, 15) is 4.79 Å². The van der Waals surface area contributed by atoms with Gasteiger partial charge in [-0.15, -0.1) is 0 Å². The molecular weight excluding hydrogens is 440 g/mol. The number of carbonyl (C=O) groups is 1. The zero-order chi connectivity index (χ0) is 23.3. The van der Waals surface area contributed by atoms with E-state index in [1.54, 1.807) is 18.3 Å². The van der Waals surface area contributed by atoms with Gasteiger partial charge in [0, 0.05) is 5.02 Å². The lowest BCUT2D eigenvalue weighted by Crippen LogP contribution is -2.24. The standard InChI is InChI=1S/C26H27ClN2O4/c1-2-3-15-31-23-11-13-24(14-12-23)33-19-26(30)29-28-17-21-5-4-6-25(16-21)32-18-20-7-9-22(27)10-8-20/h4-14,16-17H,2-3,15,18-19H2,1H3,(H,29,30). The summed E-state index contributed by atoms with van der Waals surface area (Å²) in [6.07, 6.45) is 3.65. The third kappa shape index (κ3) is 8.86. The summed E-state index contributed by atoms with van der Waals surface area (Å²) in [7, 11) is 0. The van der Waals surface area contributed by atoms with Crippen LogP contribution in [-0.2, 0) is 11.4 Å². The van der Waals surface area contributed by atoms with Crippen molar-refractivity contribution in [3.63, 3.8) is 0 Å². The Labute approximate surface area is 199 Å². The minimum atomic E-state index is -0.357. The predicted octanol–water partition coefficient (Wildman–Crippen LogP) is 5.63. The van der Waals surface area contributed by atoms with Gasteiger partial charge in [-0.3, -0.25) is 4.79 Å².